The lowest BCUT2D eigenvalue weighted by atomic mass is 10.2. The summed E-state index contributed by atoms with van der Waals surface area (Å²) in [6.07, 6.45) is -2.02. The lowest BCUT2D eigenvalue weighted by molar-refractivity contribution is -0.149. The molecule has 0 N–H and O–H groups in total. The molecule has 3 rings (SSSR count). The molecule has 1 heterocycles. The highest BCUT2D eigenvalue weighted by molar-refractivity contribution is 6.04. The lowest BCUT2D eigenvalue weighted by Crippen LogP contribution is -2.45. The van der Waals surface area contributed by atoms with Crippen LogP contribution in [0.4, 0.5) is 14.4 Å². The zero-order chi connectivity index (χ0) is 24.0. The molecule has 0 aliphatic carbocycles. The van der Waals surface area contributed by atoms with Gasteiger partial charge in [-0.15, -0.1) is 0 Å². The highest BCUT2D eigenvalue weighted by Gasteiger charge is 2.50. The van der Waals surface area contributed by atoms with Crippen molar-refractivity contribution >= 4 is 24.2 Å². The number of rotatable bonds is 5. The summed E-state index contributed by atoms with van der Waals surface area (Å²) in [5.74, 6) is -0.838. The zero-order valence-electron chi connectivity index (χ0n) is 18.7. The number of esters is 1. The van der Waals surface area contributed by atoms with Gasteiger partial charge in [0.2, 0.25) is 0 Å². The Balaban J connectivity index is 1.75. The van der Waals surface area contributed by atoms with E-state index in [4.69, 9.17) is 14.2 Å². The van der Waals surface area contributed by atoms with Crippen molar-refractivity contribution in [2.45, 2.75) is 45.6 Å². The minimum Gasteiger partial charge on any atom is -0.459 e. The van der Waals surface area contributed by atoms with E-state index in [1.54, 1.807) is 69.3 Å². The normalized spacial score (nSPS) is 15.8. The Morgan fingerprint density at radius 3 is 1.88 bits per heavy atom. The van der Waals surface area contributed by atoms with E-state index in [1.807, 2.05) is 12.1 Å². The van der Waals surface area contributed by atoms with Crippen molar-refractivity contribution in [3.63, 3.8) is 0 Å². The number of nitrogens with zero attached hydrogens (tertiary/aromatic N) is 2. The van der Waals surface area contributed by atoms with Crippen LogP contribution in [0.2, 0.25) is 0 Å². The van der Waals surface area contributed by atoms with Gasteiger partial charge in [0.25, 0.3) is 0 Å². The maximum atomic E-state index is 12.9. The van der Waals surface area contributed by atoms with Crippen LogP contribution in [0.1, 0.15) is 31.9 Å². The molecule has 0 spiro atoms. The molecule has 9 nitrogen and oxygen atoms in total. The number of amides is 4. The second kappa shape index (κ2) is 10.2. The fourth-order valence-corrected chi connectivity index (χ4v) is 3.06. The molecule has 0 unspecified atom stereocenters. The van der Waals surface area contributed by atoms with Gasteiger partial charge >= 0.3 is 24.2 Å². The molecule has 1 saturated heterocycles. The van der Waals surface area contributed by atoms with Crippen LogP contribution < -0.4 is 0 Å². The summed E-state index contributed by atoms with van der Waals surface area (Å²) in [5.41, 5.74) is 0.559. The second-order valence-corrected chi connectivity index (χ2v) is 8.39. The summed E-state index contributed by atoms with van der Waals surface area (Å²) in [4.78, 5) is 52.3. The molecule has 0 radical (unpaired) electrons. The van der Waals surface area contributed by atoms with E-state index in [0.29, 0.717) is 15.4 Å². The first-order valence-corrected chi connectivity index (χ1v) is 10.4. The topological polar surface area (TPSA) is 102 Å². The summed E-state index contributed by atoms with van der Waals surface area (Å²) in [7, 11) is 0. The molecule has 0 saturated carbocycles. The van der Waals surface area contributed by atoms with Crippen LogP contribution >= 0.6 is 0 Å². The molecular formula is C24H26N2O7. The van der Waals surface area contributed by atoms with Crippen molar-refractivity contribution in [2.24, 2.45) is 0 Å². The molecule has 9 heteroatoms. The minimum atomic E-state index is -1.36. The second-order valence-electron chi connectivity index (χ2n) is 8.39. The molecule has 4 amide bonds. The van der Waals surface area contributed by atoms with Crippen molar-refractivity contribution in [3.05, 3.63) is 71.8 Å². The summed E-state index contributed by atoms with van der Waals surface area (Å²) in [5, 5.41) is 0. The van der Waals surface area contributed by atoms with E-state index in [1.165, 1.54) is 0 Å². The number of carbonyl (C=O) groups is 4. The number of hydrogen-bond acceptors (Lipinski definition) is 7. The summed E-state index contributed by atoms with van der Waals surface area (Å²) >= 11 is 0. The number of hydrogen-bond donors (Lipinski definition) is 0. The van der Waals surface area contributed by atoms with E-state index >= 15 is 0 Å². The van der Waals surface area contributed by atoms with Gasteiger partial charge in [-0.3, -0.25) is 0 Å². The van der Waals surface area contributed by atoms with Gasteiger partial charge in [0.1, 0.15) is 18.8 Å². The standard InChI is InChI=1S/C24H26N2O7/c1-24(2,3)33-22(29)25-14-19(20(27)31-15-17-10-6-4-7-11-17)26(21(25)28)23(30)32-16-18-12-8-5-9-13-18/h4-13,19H,14-16H2,1-3H3/t19-/m0/s1. The van der Waals surface area contributed by atoms with E-state index in [2.05, 4.69) is 0 Å². The Kier molecular flexibility index (Phi) is 7.32. The average molecular weight is 454 g/mol. The lowest BCUT2D eigenvalue weighted by Gasteiger charge is -2.23. The first-order valence-electron chi connectivity index (χ1n) is 10.4. The Bertz CT molecular complexity index is 1000. The number of ether oxygens (including phenoxy) is 3. The number of imide groups is 2. The SMILES string of the molecule is CC(C)(C)OC(=O)N1C[C@@H](C(=O)OCc2ccccc2)N(C(=O)OCc2ccccc2)C1=O. The monoisotopic (exact) mass is 454 g/mol. The van der Waals surface area contributed by atoms with Gasteiger partial charge in [0, 0.05) is 0 Å². The third-order valence-electron chi connectivity index (χ3n) is 4.62. The fourth-order valence-electron chi connectivity index (χ4n) is 3.06. The van der Waals surface area contributed by atoms with Crippen LogP contribution in [0.15, 0.2) is 60.7 Å². The fraction of sp³-hybridized carbons (Fsp3) is 0.333. The molecule has 33 heavy (non-hydrogen) atoms. The molecule has 2 aromatic carbocycles. The van der Waals surface area contributed by atoms with Gasteiger partial charge < -0.3 is 14.2 Å². The summed E-state index contributed by atoms with van der Waals surface area (Å²) in [6, 6.07) is 15.4. The smallest absolute Gasteiger partial charge is 0.419 e. The zero-order valence-corrected chi connectivity index (χ0v) is 18.7. The molecule has 1 atom stereocenters. The maximum Gasteiger partial charge on any atom is 0.419 e. The van der Waals surface area contributed by atoms with Gasteiger partial charge in [0.15, 0.2) is 6.04 Å². The molecular weight excluding hydrogens is 428 g/mol. The summed E-state index contributed by atoms with van der Waals surface area (Å²) in [6.45, 7) is 4.36. The number of urea groups is 1. The Morgan fingerprint density at radius 2 is 1.36 bits per heavy atom. The molecule has 1 aliphatic rings. The van der Waals surface area contributed by atoms with Crippen molar-refractivity contribution < 1.29 is 33.4 Å². The van der Waals surface area contributed by atoms with Crippen LogP contribution in [0, 0.1) is 0 Å². The van der Waals surface area contributed by atoms with Gasteiger partial charge in [0.05, 0.1) is 6.54 Å². The molecule has 0 bridgehead atoms. The van der Waals surface area contributed by atoms with Crippen LogP contribution in [-0.4, -0.2) is 52.2 Å². The van der Waals surface area contributed by atoms with Crippen LogP contribution in [0.5, 0.6) is 0 Å². The molecule has 1 aliphatic heterocycles. The van der Waals surface area contributed by atoms with E-state index in [0.717, 1.165) is 5.56 Å². The largest absolute Gasteiger partial charge is 0.459 e. The third-order valence-corrected chi connectivity index (χ3v) is 4.62. The van der Waals surface area contributed by atoms with Crippen LogP contribution in [0.3, 0.4) is 0 Å². The number of carbonyl (C=O) groups excluding carboxylic acids is 4. The van der Waals surface area contributed by atoms with E-state index in [-0.39, 0.29) is 13.2 Å². The summed E-state index contributed by atoms with van der Waals surface area (Å²) < 4.78 is 15.8. The Hall–Kier alpha value is -3.88. The van der Waals surface area contributed by atoms with Gasteiger partial charge in [-0.2, -0.15) is 0 Å². The predicted octanol–water partition coefficient (Wildman–Crippen LogP) is 4.11. The highest BCUT2D eigenvalue weighted by atomic mass is 16.6. The first-order chi connectivity index (χ1) is 15.7. The molecule has 0 aromatic heterocycles. The van der Waals surface area contributed by atoms with Crippen molar-refractivity contribution in [1.82, 2.24) is 9.80 Å². The molecule has 2 aromatic rings. The maximum absolute atomic E-state index is 12.9. The van der Waals surface area contributed by atoms with Crippen molar-refractivity contribution in [1.29, 1.82) is 0 Å². The highest BCUT2D eigenvalue weighted by Crippen LogP contribution is 2.22. The quantitative estimate of drug-likeness (QED) is 0.495. The molecule has 1 fully saturated rings. The van der Waals surface area contributed by atoms with Gasteiger partial charge in [-0.25, -0.2) is 29.0 Å². The van der Waals surface area contributed by atoms with E-state index < -0.39 is 42.4 Å². The third kappa shape index (κ3) is 6.31. The van der Waals surface area contributed by atoms with Crippen molar-refractivity contribution in [2.75, 3.05) is 6.54 Å². The minimum absolute atomic E-state index is 0.0519. The molecule has 174 valence electrons. The Labute approximate surface area is 191 Å². The average Bonchev–Trinajstić information content (AvgIpc) is 3.13. The van der Waals surface area contributed by atoms with Crippen LogP contribution in [-0.2, 0) is 32.2 Å². The van der Waals surface area contributed by atoms with Gasteiger partial charge in [-0.1, -0.05) is 60.7 Å². The van der Waals surface area contributed by atoms with Gasteiger partial charge in [-0.05, 0) is 31.9 Å². The number of benzene rings is 2. The predicted molar refractivity (Wildman–Crippen MR) is 117 cm³/mol. The first kappa shape index (κ1) is 23.8. The Morgan fingerprint density at radius 1 is 0.848 bits per heavy atom. The van der Waals surface area contributed by atoms with Crippen molar-refractivity contribution in [3.8, 4) is 0 Å². The van der Waals surface area contributed by atoms with Crippen LogP contribution in [0.25, 0.3) is 0 Å². The van der Waals surface area contributed by atoms with E-state index in [9.17, 15) is 19.2 Å².